The molecule has 23 heavy (non-hydrogen) atoms. The van der Waals surface area contributed by atoms with E-state index in [0.29, 0.717) is 27.9 Å². The molecule has 4 nitrogen and oxygen atoms in total. The van der Waals surface area contributed by atoms with Gasteiger partial charge in [0.15, 0.2) is 0 Å². The van der Waals surface area contributed by atoms with Crippen LogP contribution in [0, 0.1) is 5.92 Å². The zero-order chi connectivity index (χ0) is 16.6. The van der Waals surface area contributed by atoms with Gasteiger partial charge in [-0.3, -0.25) is 0 Å². The van der Waals surface area contributed by atoms with Crippen LogP contribution in [0.4, 0.5) is 0 Å². The number of rotatable bonds is 5. The van der Waals surface area contributed by atoms with E-state index in [4.69, 9.17) is 0 Å². The van der Waals surface area contributed by atoms with E-state index in [1.165, 1.54) is 6.42 Å². The molecule has 3 rings (SSSR count). The number of hydrogen-bond donors (Lipinski definition) is 1. The molecule has 1 heterocycles. The molecular formula is C16H22Br2N2O2S. The van der Waals surface area contributed by atoms with Crippen LogP contribution in [0.25, 0.3) is 0 Å². The Hall–Kier alpha value is 0.0500. The lowest BCUT2D eigenvalue weighted by Gasteiger charge is -2.35. The molecule has 0 unspecified atom stereocenters. The quantitative estimate of drug-likeness (QED) is 0.720. The first kappa shape index (κ1) is 17.9. The molecule has 2 atom stereocenters. The third-order valence-corrected chi connectivity index (χ3v) is 8.28. The molecule has 1 aliphatic carbocycles. The molecule has 1 aromatic rings. The highest BCUT2D eigenvalue weighted by molar-refractivity contribution is 9.11. The largest absolute Gasteiger partial charge is 0.313 e. The summed E-state index contributed by atoms with van der Waals surface area (Å²) in [7, 11) is -3.52. The van der Waals surface area contributed by atoms with Crippen molar-refractivity contribution >= 4 is 41.9 Å². The summed E-state index contributed by atoms with van der Waals surface area (Å²) in [6.45, 7) is 3.49. The molecule has 0 aromatic heterocycles. The highest BCUT2D eigenvalue weighted by Crippen LogP contribution is 2.34. The molecule has 1 saturated carbocycles. The van der Waals surface area contributed by atoms with Gasteiger partial charge >= 0.3 is 0 Å². The Morgan fingerprint density at radius 2 is 2.04 bits per heavy atom. The van der Waals surface area contributed by atoms with Gasteiger partial charge in [-0.2, -0.15) is 4.31 Å². The average molecular weight is 466 g/mol. The van der Waals surface area contributed by atoms with Crippen molar-refractivity contribution in [2.75, 3.05) is 13.1 Å². The minimum atomic E-state index is -3.52. The van der Waals surface area contributed by atoms with E-state index in [1.54, 1.807) is 16.4 Å². The Balaban J connectivity index is 1.94. The van der Waals surface area contributed by atoms with Crippen LogP contribution < -0.4 is 5.32 Å². The van der Waals surface area contributed by atoms with Crippen molar-refractivity contribution in [3.63, 3.8) is 0 Å². The molecule has 0 amide bonds. The fourth-order valence-electron chi connectivity index (χ4n) is 3.31. The summed E-state index contributed by atoms with van der Waals surface area (Å²) in [5.41, 5.74) is 0. The molecule has 0 spiro atoms. The molecule has 0 radical (unpaired) electrons. The van der Waals surface area contributed by atoms with Gasteiger partial charge in [0, 0.05) is 34.1 Å². The summed E-state index contributed by atoms with van der Waals surface area (Å²) in [6, 6.07) is 5.73. The van der Waals surface area contributed by atoms with Crippen LogP contribution in [0.15, 0.2) is 32.0 Å². The van der Waals surface area contributed by atoms with E-state index >= 15 is 0 Å². The Morgan fingerprint density at radius 1 is 1.30 bits per heavy atom. The van der Waals surface area contributed by atoms with E-state index in [-0.39, 0.29) is 6.04 Å². The minimum Gasteiger partial charge on any atom is -0.313 e. The number of nitrogens with zero attached hydrogens (tertiary/aromatic N) is 1. The van der Waals surface area contributed by atoms with E-state index in [1.807, 2.05) is 6.07 Å². The van der Waals surface area contributed by atoms with Gasteiger partial charge in [-0.15, -0.1) is 0 Å². The number of halogens is 2. The highest BCUT2D eigenvalue weighted by atomic mass is 79.9. The van der Waals surface area contributed by atoms with Crippen LogP contribution in [0.2, 0.25) is 0 Å². The summed E-state index contributed by atoms with van der Waals surface area (Å²) < 4.78 is 29.8. The van der Waals surface area contributed by atoms with Crippen molar-refractivity contribution in [1.29, 1.82) is 0 Å². The molecule has 7 heteroatoms. The van der Waals surface area contributed by atoms with Crippen LogP contribution in [0.5, 0.6) is 0 Å². The Bertz CT molecular complexity index is 677. The molecule has 1 N–H and O–H groups in total. The number of sulfonamides is 1. The second kappa shape index (κ2) is 7.12. The SMILES string of the molecule is C[C@H]1C[C@@H](N(CC2CCC2)S(=O)(=O)c2cc(Br)ccc2Br)CN1. The lowest BCUT2D eigenvalue weighted by molar-refractivity contribution is 0.216. The smallest absolute Gasteiger partial charge is 0.244 e. The Morgan fingerprint density at radius 3 is 2.61 bits per heavy atom. The molecule has 128 valence electrons. The molecule has 0 bridgehead atoms. The monoisotopic (exact) mass is 464 g/mol. The van der Waals surface area contributed by atoms with Crippen molar-refractivity contribution in [2.24, 2.45) is 5.92 Å². The second-order valence-corrected chi connectivity index (χ2v) is 10.3. The van der Waals surface area contributed by atoms with Crippen molar-refractivity contribution in [2.45, 2.75) is 49.6 Å². The molecule has 1 saturated heterocycles. The summed E-state index contributed by atoms with van der Waals surface area (Å²) >= 11 is 6.80. The van der Waals surface area contributed by atoms with Crippen LogP contribution in [-0.2, 0) is 10.0 Å². The fourth-order valence-corrected chi connectivity index (χ4v) is 6.48. The van der Waals surface area contributed by atoms with Gasteiger partial charge in [-0.05, 0) is 66.2 Å². The first-order chi connectivity index (χ1) is 10.9. The highest BCUT2D eigenvalue weighted by Gasteiger charge is 2.38. The van der Waals surface area contributed by atoms with Crippen molar-refractivity contribution < 1.29 is 8.42 Å². The molecule has 1 aromatic carbocycles. The zero-order valence-electron chi connectivity index (χ0n) is 13.1. The number of nitrogens with one attached hydrogen (secondary N) is 1. The first-order valence-corrected chi connectivity index (χ1v) is 11.1. The van der Waals surface area contributed by atoms with Gasteiger partial charge in [0.1, 0.15) is 0 Å². The van der Waals surface area contributed by atoms with Crippen molar-refractivity contribution in [1.82, 2.24) is 9.62 Å². The normalized spacial score (nSPS) is 25.7. The van der Waals surface area contributed by atoms with Gasteiger partial charge in [-0.25, -0.2) is 8.42 Å². The van der Waals surface area contributed by atoms with Gasteiger partial charge in [0.2, 0.25) is 10.0 Å². The number of hydrogen-bond acceptors (Lipinski definition) is 3. The molecule has 2 aliphatic rings. The third kappa shape index (κ3) is 3.84. The predicted octanol–water partition coefficient (Wildman–Crippen LogP) is 3.75. The topological polar surface area (TPSA) is 49.4 Å². The summed E-state index contributed by atoms with van der Waals surface area (Å²) in [5.74, 6) is 0.506. The van der Waals surface area contributed by atoms with Crippen LogP contribution in [-0.4, -0.2) is 37.9 Å². The summed E-state index contributed by atoms with van der Waals surface area (Å²) in [5, 5.41) is 3.38. The second-order valence-electron chi connectivity index (χ2n) is 6.65. The minimum absolute atomic E-state index is 0.0430. The summed E-state index contributed by atoms with van der Waals surface area (Å²) in [6.07, 6.45) is 4.37. The van der Waals surface area contributed by atoms with E-state index in [2.05, 4.69) is 44.1 Å². The van der Waals surface area contributed by atoms with Gasteiger partial charge in [-0.1, -0.05) is 22.4 Å². The molecular weight excluding hydrogens is 444 g/mol. The maximum atomic E-state index is 13.3. The van der Waals surface area contributed by atoms with Crippen molar-refractivity contribution in [3.8, 4) is 0 Å². The maximum Gasteiger partial charge on any atom is 0.244 e. The lowest BCUT2D eigenvalue weighted by Crippen LogP contribution is -2.45. The lowest BCUT2D eigenvalue weighted by atomic mass is 9.85. The van der Waals surface area contributed by atoms with Gasteiger partial charge in [0.25, 0.3) is 0 Å². The average Bonchev–Trinajstić information content (AvgIpc) is 2.86. The summed E-state index contributed by atoms with van der Waals surface area (Å²) in [4.78, 5) is 0.353. The number of benzene rings is 1. The van der Waals surface area contributed by atoms with Crippen molar-refractivity contribution in [3.05, 3.63) is 27.1 Å². The molecule has 2 fully saturated rings. The van der Waals surface area contributed by atoms with E-state index in [0.717, 1.165) is 30.3 Å². The predicted molar refractivity (Wildman–Crippen MR) is 98.9 cm³/mol. The fraction of sp³-hybridized carbons (Fsp3) is 0.625. The van der Waals surface area contributed by atoms with E-state index in [9.17, 15) is 8.42 Å². The van der Waals surface area contributed by atoms with Crippen LogP contribution in [0.1, 0.15) is 32.6 Å². The Kier molecular flexibility index (Phi) is 5.53. The van der Waals surface area contributed by atoms with Gasteiger partial charge in [0.05, 0.1) is 4.90 Å². The standard InChI is InChI=1S/C16H22Br2N2O2S/c1-11-7-14(9-19-11)20(10-12-3-2-4-12)23(21,22)16-8-13(17)5-6-15(16)18/h5-6,8,11-12,14,19H,2-4,7,9-10H2,1H3/t11-,14+/m0/s1. The first-order valence-electron chi connectivity index (χ1n) is 8.08. The third-order valence-electron chi connectivity index (χ3n) is 4.88. The van der Waals surface area contributed by atoms with Crippen LogP contribution >= 0.6 is 31.9 Å². The maximum absolute atomic E-state index is 13.3. The van der Waals surface area contributed by atoms with Gasteiger partial charge < -0.3 is 5.32 Å². The zero-order valence-corrected chi connectivity index (χ0v) is 17.1. The molecule has 1 aliphatic heterocycles. The van der Waals surface area contributed by atoms with Crippen LogP contribution in [0.3, 0.4) is 0 Å². The Labute approximate surface area is 155 Å². The van der Waals surface area contributed by atoms with E-state index < -0.39 is 10.0 Å².